The highest BCUT2D eigenvalue weighted by Gasteiger charge is 2.22. The van der Waals surface area contributed by atoms with Crippen LogP contribution in [0.1, 0.15) is 31.4 Å². The van der Waals surface area contributed by atoms with Crippen molar-refractivity contribution in [3.05, 3.63) is 29.8 Å². The van der Waals surface area contributed by atoms with Gasteiger partial charge >= 0.3 is 0 Å². The molecule has 1 saturated carbocycles. The molecule has 0 heterocycles. The quantitative estimate of drug-likeness (QED) is 0.804. The molecule has 0 radical (unpaired) electrons. The second kappa shape index (κ2) is 5.36. The molecule has 0 aromatic heterocycles. The number of benzene rings is 1. The smallest absolute Gasteiger partial charge is 0.166 e. The molecule has 0 amide bonds. The molecule has 1 aliphatic rings. The van der Waals surface area contributed by atoms with Crippen molar-refractivity contribution >= 4 is 17.3 Å². The van der Waals surface area contributed by atoms with Crippen molar-refractivity contribution in [1.82, 2.24) is 10.6 Å². The summed E-state index contributed by atoms with van der Waals surface area (Å²) in [6.45, 7) is 2.10. The third-order valence-electron chi connectivity index (χ3n) is 2.88. The Hall–Kier alpha value is -1.29. The largest absolute Gasteiger partial charge is 0.497 e. The molecule has 17 heavy (non-hydrogen) atoms. The Balaban J connectivity index is 1.88. The van der Waals surface area contributed by atoms with Gasteiger partial charge in [-0.3, -0.25) is 0 Å². The van der Waals surface area contributed by atoms with Crippen LogP contribution in [0.5, 0.6) is 5.75 Å². The van der Waals surface area contributed by atoms with E-state index in [1.807, 2.05) is 12.1 Å². The molecule has 0 bridgehead atoms. The fraction of sp³-hybridized carbons (Fsp3) is 0.462. The van der Waals surface area contributed by atoms with Crippen molar-refractivity contribution in [1.29, 1.82) is 0 Å². The molecule has 92 valence electrons. The molecule has 1 aromatic carbocycles. The number of nitrogens with one attached hydrogen (secondary N) is 2. The normalized spacial score (nSPS) is 16.1. The van der Waals surface area contributed by atoms with Crippen LogP contribution in [0.3, 0.4) is 0 Å². The van der Waals surface area contributed by atoms with Gasteiger partial charge in [-0.15, -0.1) is 0 Å². The summed E-state index contributed by atoms with van der Waals surface area (Å²) in [5, 5.41) is 7.30. The summed E-state index contributed by atoms with van der Waals surface area (Å²) < 4.78 is 5.13. The second-order valence-corrected chi connectivity index (χ2v) is 4.80. The van der Waals surface area contributed by atoms with E-state index in [1.165, 1.54) is 18.4 Å². The van der Waals surface area contributed by atoms with Gasteiger partial charge in [0, 0.05) is 6.04 Å². The molecule has 0 aliphatic heterocycles. The topological polar surface area (TPSA) is 33.3 Å². The minimum absolute atomic E-state index is 0.208. The number of hydrogen-bond donors (Lipinski definition) is 2. The van der Waals surface area contributed by atoms with E-state index >= 15 is 0 Å². The van der Waals surface area contributed by atoms with E-state index in [-0.39, 0.29) is 6.04 Å². The molecule has 3 nitrogen and oxygen atoms in total. The van der Waals surface area contributed by atoms with Crippen molar-refractivity contribution in [2.75, 3.05) is 7.11 Å². The molecule has 0 spiro atoms. The Morgan fingerprint density at radius 1 is 1.35 bits per heavy atom. The number of hydrogen-bond acceptors (Lipinski definition) is 2. The molecule has 1 atom stereocenters. The van der Waals surface area contributed by atoms with Gasteiger partial charge in [-0.25, -0.2) is 0 Å². The molecule has 1 unspecified atom stereocenters. The minimum Gasteiger partial charge on any atom is -0.497 e. The van der Waals surface area contributed by atoms with Crippen molar-refractivity contribution in [3.8, 4) is 5.75 Å². The lowest BCUT2D eigenvalue weighted by Gasteiger charge is -2.17. The SMILES string of the molecule is COc1ccc(C(C)NC(=S)NC2CC2)cc1. The third-order valence-corrected chi connectivity index (χ3v) is 3.11. The Bertz CT molecular complexity index is 387. The van der Waals surface area contributed by atoms with E-state index in [0.717, 1.165) is 10.9 Å². The van der Waals surface area contributed by atoms with Crippen molar-refractivity contribution < 1.29 is 4.74 Å². The summed E-state index contributed by atoms with van der Waals surface area (Å²) >= 11 is 5.25. The molecule has 2 rings (SSSR count). The van der Waals surface area contributed by atoms with Gasteiger partial charge in [0.25, 0.3) is 0 Å². The summed E-state index contributed by atoms with van der Waals surface area (Å²) in [7, 11) is 1.67. The Kier molecular flexibility index (Phi) is 3.84. The maximum Gasteiger partial charge on any atom is 0.166 e. The Morgan fingerprint density at radius 2 is 2.00 bits per heavy atom. The van der Waals surface area contributed by atoms with Crippen LogP contribution in [-0.2, 0) is 0 Å². The van der Waals surface area contributed by atoms with Crippen molar-refractivity contribution in [2.24, 2.45) is 0 Å². The maximum atomic E-state index is 5.25. The van der Waals surface area contributed by atoms with Crippen LogP contribution in [0, 0.1) is 0 Å². The average molecular weight is 250 g/mol. The second-order valence-electron chi connectivity index (χ2n) is 4.39. The van der Waals surface area contributed by atoms with E-state index in [0.29, 0.717) is 6.04 Å². The zero-order valence-electron chi connectivity index (χ0n) is 10.2. The van der Waals surface area contributed by atoms with Gasteiger partial charge in [-0.1, -0.05) is 12.1 Å². The first-order valence-corrected chi connectivity index (χ1v) is 6.31. The molecular weight excluding hydrogens is 232 g/mol. The lowest BCUT2D eigenvalue weighted by atomic mass is 10.1. The highest BCUT2D eigenvalue weighted by Crippen LogP contribution is 2.19. The third kappa shape index (κ3) is 3.60. The summed E-state index contributed by atoms with van der Waals surface area (Å²) in [6.07, 6.45) is 2.47. The number of ether oxygens (including phenoxy) is 1. The first kappa shape index (κ1) is 12.2. The van der Waals surface area contributed by atoms with Gasteiger partial charge in [0.1, 0.15) is 5.75 Å². The molecule has 1 aromatic rings. The zero-order valence-corrected chi connectivity index (χ0v) is 11.0. The molecular formula is C13H18N2OS. The summed E-state index contributed by atoms with van der Waals surface area (Å²) in [5.41, 5.74) is 1.20. The zero-order chi connectivity index (χ0) is 12.3. The predicted octanol–water partition coefficient (Wildman–Crippen LogP) is 2.38. The van der Waals surface area contributed by atoms with Crippen LogP contribution in [0.25, 0.3) is 0 Å². The van der Waals surface area contributed by atoms with E-state index in [9.17, 15) is 0 Å². The van der Waals surface area contributed by atoms with Gasteiger partial charge in [-0.2, -0.15) is 0 Å². The van der Waals surface area contributed by atoms with E-state index in [1.54, 1.807) is 7.11 Å². The van der Waals surface area contributed by atoms with Crippen LogP contribution in [0.2, 0.25) is 0 Å². The van der Waals surface area contributed by atoms with Crippen LogP contribution in [0.15, 0.2) is 24.3 Å². The Labute approximate surface area is 108 Å². The monoisotopic (exact) mass is 250 g/mol. The van der Waals surface area contributed by atoms with Crippen LogP contribution < -0.4 is 15.4 Å². The van der Waals surface area contributed by atoms with E-state index < -0.39 is 0 Å². The molecule has 2 N–H and O–H groups in total. The van der Waals surface area contributed by atoms with Crippen LogP contribution in [0.4, 0.5) is 0 Å². The van der Waals surface area contributed by atoms with Crippen LogP contribution >= 0.6 is 12.2 Å². The highest BCUT2D eigenvalue weighted by atomic mass is 32.1. The molecule has 0 saturated heterocycles. The maximum absolute atomic E-state index is 5.25. The lowest BCUT2D eigenvalue weighted by molar-refractivity contribution is 0.414. The van der Waals surface area contributed by atoms with Crippen molar-refractivity contribution in [2.45, 2.75) is 31.8 Å². The molecule has 1 fully saturated rings. The number of methoxy groups -OCH3 is 1. The highest BCUT2D eigenvalue weighted by molar-refractivity contribution is 7.80. The number of thiocarbonyl (C=S) groups is 1. The number of rotatable bonds is 4. The van der Waals surface area contributed by atoms with Gasteiger partial charge in [0.2, 0.25) is 0 Å². The Morgan fingerprint density at radius 3 is 2.53 bits per heavy atom. The molecule has 4 heteroatoms. The minimum atomic E-state index is 0.208. The fourth-order valence-electron chi connectivity index (χ4n) is 1.63. The van der Waals surface area contributed by atoms with Gasteiger partial charge in [-0.05, 0) is 49.7 Å². The van der Waals surface area contributed by atoms with E-state index in [2.05, 4.69) is 29.7 Å². The van der Waals surface area contributed by atoms with Gasteiger partial charge < -0.3 is 15.4 Å². The molecule has 1 aliphatic carbocycles. The first-order chi connectivity index (χ1) is 8.19. The average Bonchev–Trinajstić information content (AvgIpc) is 3.12. The van der Waals surface area contributed by atoms with Gasteiger partial charge in [0.05, 0.1) is 13.2 Å². The van der Waals surface area contributed by atoms with Gasteiger partial charge in [0.15, 0.2) is 5.11 Å². The van der Waals surface area contributed by atoms with E-state index in [4.69, 9.17) is 17.0 Å². The van der Waals surface area contributed by atoms with Crippen LogP contribution in [-0.4, -0.2) is 18.3 Å². The summed E-state index contributed by atoms with van der Waals surface area (Å²) in [5.74, 6) is 0.875. The first-order valence-electron chi connectivity index (χ1n) is 5.90. The summed E-state index contributed by atoms with van der Waals surface area (Å²) in [6, 6.07) is 8.83. The lowest BCUT2D eigenvalue weighted by Crippen LogP contribution is -2.37. The predicted molar refractivity (Wildman–Crippen MR) is 73.3 cm³/mol. The fourth-order valence-corrected chi connectivity index (χ4v) is 1.97. The summed E-state index contributed by atoms with van der Waals surface area (Å²) in [4.78, 5) is 0. The standard InChI is InChI=1S/C13H18N2OS/c1-9(14-13(17)15-11-5-6-11)10-3-7-12(16-2)8-4-10/h3-4,7-9,11H,5-6H2,1-2H3,(H2,14,15,17). The van der Waals surface area contributed by atoms with Crippen molar-refractivity contribution in [3.63, 3.8) is 0 Å².